The van der Waals surface area contributed by atoms with Gasteiger partial charge in [0.2, 0.25) is 0 Å². The van der Waals surface area contributed by atoms with Crippen molar-refractivity contribution in [1.82, 2.24) is 9.80 Å². The lowest BCUT2D eigenvalue weighted by Gasteiger charge is -2.38. The van der Waals surface area contributed by atoms with Gasteiger partial charge in [-0.25, -0.2) is 0 Å². The monoisotopic (exact) mass is 386 g/mol. The quantitative estimate of drug-likeness (QED) is 0.707. The van der Waals surface area contributed by atoms with Gasteiger partial charge in [0.05, 0.1) is 0 Å². The largest absolute Gasteiger partial charge is 0.304 e. The number of benzene rings is 2. The van der Waals surface area contributed by atoms with Gasteiger partial charge in [0.1, 0.15) is 0 Å². The lowest BCUT2D eigenvalue weighted by Crippen LogP contribution is -2.46. The predicted molar refractivity (Wildman–Crippen MR) is 108 cm³/mol. The molecule has 2 heterocycles. The number of nitrogens with zero attached hydrogens (tertiary/aromatic N) is 2. The van der Waals surface area contributed by atoms with Gasteiger partial charge in [-0.05, 0) is 61.9 Å². The molecule has 2 aliphatic heterocycles. The molecule has 0 saturated carbocycles. The summed E-state index contributed by atoms with van der Waals surface area (Å²) in [5.74, 6) is 0.124. The zero-order valence-corrected chi connectivity index (χ0v) is 16.7. The normalized spacial score (nSPS) is 21.0. The molecule has 0 aromatic heterocycles. The minimum absolute atomic E-state index is 0.124. The third-order valence-corrected chi connectivity index (χ3v) is 6.85. The average molecular weight is 387 g/mol. The number of carbonyl (C=O) groups excluding carboxylic acids is 1. The number of ketones is 1. The molecule has 1 atom stereocenters. The van der Waals surface area contributed by atoms with Gasteiger partial charge in [0, 0.05) is 52.6 Å². The Morgan fingerprint density at radius 2 is 1.81 bits per heavy atom. The average Bonchev–Trinajstić information content (AvgIpc) is 2.78. The van der Waals surface area contributed by atoms with E-state index in [-0.39, 0.29) is 5.78 Å². The second-order valence-electron chi connectivity index (χ2n) is 7.22. The molecule has 1 fully saturated rings. The predicted octanol–water partition coefficient (Wildman–Crippen LogP) is 4.54. The number of likely N-dealkylation sites (N-methyl/N-ethyl adjacent to an activating group) is 1. The highest BCUT2D eigenvalue weighted by atomic mass is 35.5. The number of hydrogen-bond acceptors (Lipinski definition) is 4. The molecule has 2 aromatic rings. The smallest absolute Gasteiger partial charge is 0.159 e. The molecule has 0 spiro atoms. The van der Waals surface area contributed by atoms with Crippen molar-refractivity contribution >= 4 is 29.1 Å². The number of hydrogen-bond donors (Lipinski definition) is 0. The van der Waals surface area contributed by atoms with Crippen molar-refractivity contribution in [2.75, 3.05) is 33.2 Å². The van der Waals surface area contributed by atoms with Crippen molar-refractivity contribution < 1.29 is 4.79 Å². The van der Waals surface area contributed by atoms with Crippen molar-refractivity contribution in [3.05, 3.63) is 58.1 Å². The lowest BCUT2D eigenvalue weighted by atomic mass is 9.95. The van der Waals surface area contributed by atoms with E-state index in [0.29, 0.717) is 6.04 Å². The fourth-order valence-corrected chi connectivity index (χ4v) is 5.10. The molecule has 136 valence electrons. The summed E-state index contributed by atoms with van der Waals surface area (Å²) in [4.78, 5) is 19.3. The van der Waals surface area contributed by atoms with Crippen molar-refractivity contribution in [2.45, 2.75) is 29.2 Å². The van der Waals surface area contributed by atoms with Crippen LogP contribution in [0.4, 0.5) is 0 Å². The number of fused-ring (bicyclic) bond motifs is 2. The van der Waals surface area contributed by atoms with Crippen molar-refractivity contribution in [3.63, 3.8) is 0 Å². The topological polar surface area (TPSA) is 23.6 Å². The van der Waals surface area contributed by atoms with Crippen LogP contribution in [0.1, 0.15) is 34.5 Å². The first kappa shape index (κ1) is 18.1. The Bertz CT molecular complexity index is 846. The molecule has 3 nitrogen and oxygen atoms in total. The molecule has 0 N–H and O–H groups in total. The van der Waals surface area contributed by atoms with E-state index < -0.39 is 0 Å². The number of Topliss-reactive ketones (excluding diaryl/α,β-unsaturated/α-hetero) is 1. The maximum Gasteiger partial charge on any atom is 0.159 e. The maximum absolute atomic E-state index is 11.9. The van der Waals surface area contributed by atoms with E-state index in [0.717, 1.165) is 43.2 Å². The fraction of sp³-hybridized carbons (Fsp3) is 0.381. The molecular weight excluding hydrogens is 364 g/mol. The van der Waals surface area contributed by atoms with E-state index in [1.54, 1.807) is 18.7 Å². The summed E-state index contributed by atoms with van der Waals surface area (Å²) < 4.78 is 0. The van der Waals surface area contributed by atoms with Crippen LogP contribution in [0.2, 0.25) is 5.02 Å². The molecule has 5 heteroatoms. The van der Waals surface area contributed by atoms with Crippen LogP contribution in [0.25, 0.3) is 0 Å². The van der Waals surface area contributed by atoms with Crippen LogP contribution in [-0.4, -0.2) is 48.8 Å². The Morgan fingerprint density at radius 3 is 2.54 bits per heavy atom. The summed E-state index contributed by atoms with van der Waals surface area (Å²) in [6.07, 6.45) is 0.917. The van der Waals surface area contributed by atoms with Crippen LogP contribution >= 0.6 is 23.4 Å². The van der Waals surface area contributed by atoms with E-state index >= 15 is 0 Å². The van der Waals surface area contributed by atoms with Crippen LogP contribution in [-0.2, 0) is 6.42 Å². The summed E-state index contributed by atoms with van der Waals surface area (Å²) in [6.45, 7) is 5.91. The maximum atomic E-state index is 11.9. The van der Waals surface area contributed by atoms with Gasteiger partial charge in [-0.15, -0.1) is 0 Å². The second kappa shape index (κ2) is 7.35. The summed E-state index contributed by atoms with van der Waals surface area (Å²) in [6, 6.07) is 12.7. The van der Waals surface area contributed by atoms with E-state index in [4.69, 9.17) is 11.6 Å². The van der Waals surface area contributed by atoms with Crippen molar-refractivity contribution in [2.24, 2.45) is 0 Å². The molecule has 0 amide bonds. The Kier molecular flexibility index (Phi) is 5.11. The number of rotatable bonds is 2. The zero-order chi connectivity index (χ0) is 18.3. The summed E-state index contributed by atoms with van der Waals surface area (Å²) in [7, 11) is 2.18. The first-order chi connectivity index (χ1) is 12.5. The van der Waals surface area contributed by atoms with E-state index in [1.807, 2.05) is 12.1 Å². The van der Waals surface area contributed by atoms with Crippen LogP contribution in [0.15, 0.2) is 46.2 Å². The van der Waals surface area contributed by atoms with Gasteiger partial charge in [-0.2, -0.15) is 0 Å². The highest BCUT2D eigenvalue weighted by molar-refractivity contribution is 7.99. The Balaban J connectivity index is 1.77. The third-order valence-electron chi connectivity index (χ3n) is 5.41. The number of carbonyl (C=O) groups is 1. The van der Waals surface area contributed by atoms with Gasteiger partial charge >= 0.3 is 0 Å². The van der Waals surface area contributed by atoms with Gasteiger partial charge in [-0.1, -0.05) is 29.4 Å². The van der Waals surface area contributed by atoms with Gasteiger partial charge in [0.25, 0.3) is 0 Å². The lowest BCUT2D eigenvalue weighted by molar-refractivity contribution is 0.101. The molecule has 4 rings (SSSR count). The Labute approximate surface area is 164 Å². The van der Waals surface area contributed by atoms with E-state index in [1.165, 1.54) is 20.9 Å². The molecule has 1 unspecified atom stereocenters. The van der Waals surface area contributed by atoms with Gasteiger partial charge in [-0.3, -0.25) is 9.69 Å². The minimum atomic E-state index is 0.124. The SMILES string of the molecule is CC(=O)c1ccc2c(c1)CC(N1CCN(C)CC1)c1cc(Cl)ccc1S2. The molecule has 0 bridgehead atoms. The van der Waals surface area contributed by atoms with Crippen molar-refractivity contribution in [1.29, 1.82) is 0 Å². The van der Waals surface area contributed by atoms with Crippen LogP contribution in [0, 0.1) is 0 Å². The number of halogens is 1. The van der Waals surface area contributed by atoms with E-state index in [9.17, 15) is 4.79 Å². The van der Waals surface area contributed by atoms with Crippen LogP contribution in [0.3, 0.4) is 0 Å². The fourth-order valence-electron chi connectivity index (χ4n) is 3.83. The highest BCUT2D eigenvalue weighted by Gasteiger charge is 2.29. The molecular formula is C21H23ClN2OS. The number of piperazine rings is 1. The van der Waals surface area contributed by atoms with E-state index in [2.05, 4.69) is 41.1 Å². The van der Waals surface area contributed by atoms with Gasteiger partial charge in [0.15, 0.2) is 5.78 Å². The molecule has 2 aromatic carbocycles. The Morgan fingerprint density at radius 1 is 1.08 bits per heavy atom. The first-order valence-corrected chi connectivity index (χ1v) is 10.2. The summed E-state index contributed by atoms with van der Waals surface area (Å²) in [5.41, 5.74) is 3.37. The molecule has 1 saturated heterocycles. The highest BCUT2D eigenvalue weighted by Crippen LogP contribution is 2.44. The zero-order valence-electron chi connectivity index (χ0n) is 15.2. The summed E-state index contributed by atoms with van der Waals surface area (Å²) in [5, 5.41) is 0.791. The van der Waals surface area contributed by atoms with Crippen LogP contribution < -0.4 is 0 Å². The summed E-state index contributed by atoms with van der Waals surface area (Å²) >= 11 is 8.15. The molecule has 26 heavy (non-hydrogen) atoms. The minimum Gasteiger partial charge on any atom is -0.304 e. The van der Waals surface area contributed by atoms with Crippen molar-refractivity contribution in [3.8, 4) is 0 Å². The molecule has 2 aliphatic rings. The third kappa shape index (κ3) is 3.56. The van der Waals surface area contributed by atoms with Gasteiger partial charge < -0.3 is 4.90 Å². The molecule has 0 radical (unpaired) electrons. The Hall–Kier alpha value is -1.33. The molecule has 0 aliphatic carbocycles. The second-order valence-corrected chi connectivity index (χ2v) is 8.74. The standard InChI is InChI=1S/C21H23ClN2OS/c1-14(25)15-3-5-20-16(11-15)12-19(24-9-7-23(2)8-10-24)18-13-17(22)4-6-21(18)26-20/h3-6,11,13,19H,7-10,12H2,1-2H3. The van der Waals surface area contributed by atoms with Crippen LogP contribution in [0.5, 0.6) is 0 Å². The first-order valence-electron chi connectivity index (χ1n) is 9.05.